The topological polar surface area (TPSA) is 54.0 Å². The van der Waals surface area contributed by atoms with Crippen molar-refractivity contribution >= 4 is 23.6 Å². The molecule has 0 spiro atoms. The Bertz CT molecular complexity index is 774. The molecule has 26 heavy (non-hydrogen) atoms. The minimum absolute atomic E-state index is 0.0627. The largest absolute Gasteiger partial charge is 0.493 e. The number of benzene rings is 2. The van der Waals surface area contributed by atoms with Crippen LogP contribution >= 0.6 is 11.6 Å². The Kier molecular flexibility index (Phi) is 7.29. The molecular formula is C19H18ClFO5. The van der Waals surface area contributed by atoms with Crippen LogP contribution in [0.3, 0.4) is 0 Å². The minimum atomic E-state index is -0.529. The highest BCUT2D eigenvalue weighted by Gasteiger charge is 2.10. The Labute approximate surface area is 155 Å². The lowest BCUT2D eigenvalue weighted by molar-refractivity contribution is -0.138. The number of carbonyl (C=O) groups excluding carboxylic acids is 1. The highest BCUT2D eigenvalue weighted by Crippen LogP contribution is 2.36. The number of carbonyl (C=O) groups is 1. The zero-order chi connectivity index (χ0) is 18.9. The first kappa shape index (κ1) is 19.6. The van der Waals surface area contributed by atoms with E-state index < -0.39 is 5.97 Å². The lowest BCUT2D eigenvalue weighted by Gasteiger charge is -2.10. The van der Waals surface area contributed by atoms with Crippen LogP contribution in [0.1, 0.15) is 5.56 Å². The van der Waals surface area contributed by atoms with Gasteiger partial charge in [0.05, 0.1) is 19.2 Å². The fourth-order valence-electron chi connectivity index (χ4n) is 2.08. The predicted molar refractivity (Wildman–Crippen MR) is 96.4 cm³/mol. The Balaban J connectivity index is 1.83. The predicted octanol–water partition coefficient (Wildman–Crippen LogP) is 4.13. The first-order chi connectivity index (χ1) is 12.5. The molecule has 0 heterocycles. The zero-order valence-electron chi connectivity index (χ0n) is 14.3. The van der Waals surface area contributed by atoms with Crippen molar-refractivity contribution in [2.45, 2.75) is 0 Å². The van der Waals surface area contributed by atoms with E-state index in [2.05, 4.69) is 0 Å². The number of ether oxygens (including phenoxy) is 4. The van der Waals surface area contributed by atoms with Crippen LogP contribution in [-0.4, -0.2) is 33.4 Å². The Morgan fingerprint density at radius 3 is 2.50 bits per heavy atom. The van der Waals surface area contributed by atoms with Gasteiger partial charge in [-0.2, -0.15) is 0 Å². The van der Waals surface area contributed by atoms with Gasteiger partial charge < -0.3 is 18.9 Å². The summed E-state index contributed by atoms with van der Waals surface area (Å²) in [7, 11) is 2.99. The van der Waals surface area contributed by atoms with Gasteiger partial charge >= 0.3 is 5.97 Å². The molecule has 0 amide bonds. The van der Waals surface area contributed by atoms with E-state index >= 15 is 0 Å². The molecule has 2 aromatic rings. The van der Waals surface area contributed by atoms with Crippen LogP contribution < -0.4 is 14.2 Å². The van der Waals surface area contributed by atoms with Crippen LogP contribution in [0.4, 0.5) is 4.39 Å². The van der Waals surface area contributed by atoms with Gasteiger partial charge in [-0.25, -0.2) is 9.18 Å². The molecule has 0 saturated heterocycles. The van der Waals surface area contributed by atoms with Crippen LogP contribution in [0.5, 0.6) is 17.2 Å². The molecule has 0 radical (unpaired) electrons. The summed E-state index contributed by atoms with van der Waals surface area (Å²) in [5, 5.41) is 0.368. The summed E-state index contributed by atoms with van der Waals surface area (Å²) in [5.74, 6) is 0.508. The van der Waals surface area contributed by atoms with Crippen molar-refractivity contribution in [3.05, 3.63) is 58.9 Å². The summed E-state index contributed by atoms with van der Waals surface area (Å²) in [4.78, 5) is 11.7. The van der Waals surface area contributed by atoms with Gasteiger partial charge in [-0.05, 0) is 48.0 Å². The van der Waals surface area contributed by atoms with Gasteiger partial charge in [0.25, 0.3) is 0 Å². The molecular weight excluding hydrogens is 363 g/mol. The molecule has 5 nitrogen and oxygen atoms in total. The molecule has 0 aliphatic heterocycles. The van der Waals surface area contributed by atoms with Crippen molar-refractivity contribution in [2.24, 2.45) is 0 Å². The third-order valence-electron chi connectivity index (χ3n) is 3.28. The third-order valence-corrected chi connectivity index (χ3v) is 3.56. The molecule has 0 aromatic heterocycles. The quantitative estimate of drug-likeness (QED) is 0.391. The fraction of sp³-hybridized carbons (Fsp3) is 0.211. The molecule has 7 heteroatoms. The smallest absolute Gasteiger partial charge is 0.330 e. The normalized spacial score (nSPS) is 10.6. The van der Waals surface area contributed by atoms with Gasteiger partial charge in [-0.15, -0.1) is 0 Å². The van der Waals surface area contributed by atoms with E-state index in [-0.39, 0.29) is 19.0 Å². The second-order valence-corrected chi connectivity index (χ2v) is 5.45. The van der Waals surface area contributed by atoms with Gasteiger partial charge in [0, 0.05) is 6.08 Å². The van der Waals surface area contributed by atoms with Gasteiger partial charge in [-0.3, -0.25) is 0 Å². The van der Waals surface area contributed by atoms with Gasteiger partial charge in [0.15, 0.2) is 11.5 Å². The van der Waals surface area contributed by atoms with Crippen LogP contribution in [0.25, 0.3) is 6.08 Å². The number of halogens is 2. The second kappa shape index (κ2) is 9.68. The van der Waals surface area contributed by atoms with E-state index in [4.69, 9.17) is 30.5 Å². The van der Waals surface area contributed by atoms with Crippen LogP contribution in [-0.2, 0) is 9.53 Å². The van der Waals surface area contributed by atoms with Gasteiger partial charge in [-0.1, -0.05) is 11.6 Å². The summed E-state index contributed by atoms with van der Waals surface area (Å²) < 4.78 is 33.5. The molecule has 0 aliphatic carbocycles. The summed E-state index contributed by atoms with van der Waals surface area (Å²) >= 11 is 6.10. The van der Waals surface area contributed by atoms with Crippen LogP contribution in [0.2, 0.25) is 5.02 Å². The average Bonchev–Trinajstić information content (AvgIpc) is 2.64. The van der Waals surface area contributed by atoms with Crippen molar-refractivity contribution in [3.8, 4) is 17.2 Å². The maximum Gasteiger partial charge on any atom is 0.330 e. The molecule has 2 rings (SSSR count). The fourth-order valence-corrected chi connectivity index (χ4v) is 2.38. The van der Waals surface area contributed by atoms with E-state index in [1.807, 2.05) is 0 Å². The lowest BCUT2D eigenvalue weighted by atomic mass is 10.2. The first-order valence-electron chi connectivity index (χ1n) is 7.68. The zero-order valence-corrected chi connectivity index (χ0v) is 15.1. The molecule has 0 bridgehead atoms. The first-order valence-corrected chi connectivity index (χ1v) is 8.06. The molecule has 0 saturated carbocycles. The monoisotopic (exact) mass is 380 g/mol. The number of methoxy groups -OCH3 is 2. The lowest BCUT2D eigenvalue weighted by Crippen LogP contribution is -2.10. The van der Waals surface area contributed by atoms with Gasteiger partial charge in [0.2, 0.25) is 0 Å². The van der Waals surface area contributed by atoms with Crippen molar-refractivity contribution in [2.75, 3.05) is 27.4 Å². The Morgan fingerprint density at radius 2 is 1.85 bits per heavy atom. The van der Waals surface area contributed by atoms with Crippen molar-refractivity contribution < 1.29 is 28.1 Å². The SMILES string of the molecule is COc1cc(/C=C/C(=O)OCCOc2ccc(F)cc2)cc(Cl)c1OC. The third kappa shape index (κ3) is 5.67. The van der Waals surface area contributed by atoms with Crippen LogP contribution in [0.15, 0.2) is 42.5 Å². The number of rotatable bonds is 8. The maximum absolute atomic E-state index is 12.8. The number of esters is 1. The van der Waals surface area contributed by atoms with Crippen molar-refractivity contribution in [1.29, 1.82) is 0 Å². The van der Waals surface area contributed by atoms with E-state index in [1.165, 1.54) is 44.6 Å². The van der Waals surface area contributed by atoms with Crippen LogP contribution in [0, 0.1) is 5.82 Å². The molecule has 0 aliphatic rings. The summed E-state index contributed by atoms with van der Waals surface area (Å²) in [6.07, 6.45) is 2.83. The van der Waals surface area contributed by atoms with Crippen molar-refractivity contribution in [3.63, 3.8) is 0 Å². The molecule has 0 atom stereocenters. The summed E-state index contributed by atoms with van der Waals surface area (Å²) in [5.41, 5.74) is 0.659. The Hall–Kier alpha value is -2.73. The van der Waals surface area contributed by atoms with E-state index in [9.17, 15) is 9.18 Å². The average molecular weight is 381 g/mol. The van der Waals surface area contributed by atoms with Crippen molar-refractivity contribution in [1.82, 2.24) is 0 Å². The summed E-state index contributed by atoms with van der Waals surface area (Å²) in [6.45, 7) is 0.223. The van der Waals surface area contributed by atoms with E-state index in [0.29, 0.717) is 27.8 Å². The second-order valence-electron chi connectivity index (χ2n) is 5.04. The molecule has 138 valence electrons. The number of hydrogen-bond acceptors (Lipinski definition) is 5. The highest BCUT2D eigenvalue weighted by molar-refractivity contribution is 6.32. The molecule has 2 aromatic carbocycles. The minimum Gasteiger partial charge on any atom is -0.493 e. The van der Waals surface area contributed by atoms with Gasteiger partial charge in [0.1, 0.15) is 24.8 Å². The molecule has 0 fully saturated rings. The van der Waals surface area contributed by atoms with E-state index in [0.717, 1.165) is 0 Å². The molecule has 0 N–H and O–H groups in total. The molecule has 0 unspecified atom stereocenters. The number of hydrogen-bond donors (Lipinski definition) is 0. The highest BCUT2D eigenvalue weighted by atomic mass is 35.5. The van der Waals surface area contributed by atoms with E-state index in [1.54, 1.807) is 18.2 Å². The standard InChI is InChI=1S/C19H18ClFO5/c1-23-17-12-13(11-16(20)19(17)24-2)3-8-18(22)26-10-9-25-15-6-4-14(21)5-7-15/h3-8,11-12H,9-10H2,1-2H3/b8-3+. The Morgan fingerprint density at radius 1 is 1.12 bits per heavy atom. The maximum atomic E-state index is 12.8. The summed E-state index contributed by atoms with van der Waals surface area (Å²) in [6, 6.07) is 8.91.